The van der Waals surface area contributed by atoms with E-state index in [1.54, 1.807) is 48.7 Å². The summed E-state index contributed by atoms with van der Waals surface area (Å²) in [6.07, 6.45) is 2.75. The van der Waals surface area contributed by atoms with Gasteiger partial charge in [-0.1, -0.05) is 23.7 Å². The molecule has 0 unspecified atom stereocenters. The molecule has 1 amide bonds. The zero-order valence-electron chi connectivity index (χ0n) is 19.3. The van der Waals surface area contributed by atoms with E-state index in [0.29, 0.717) is 22.1 Å². The molecule has 0 aliphatic carbocycles. The van der Waals surface area contributed by atoms with Gasteiger partial charge >= 0.3 is 0 Å². The van der Waals surface area contributed by atoms with Crippen molar-refractivity contribution in [1.82, 2.24) is 9.38 Å². The van der Waals surface area contributed by atoms with Crippen molar-refractivity contribution in [1.29, 1.82) is 5.26 Å². The Hall–Kier alpha value is -4.41. The first-order valence-corrected chi connectivity index (χ1v) is 11.1. The van der Waals surface area contributed by atoms with Gasteiger partial charge in [-0.05, 0) is 86.0 Å². The molecule has 2 aromatic carbocycles. The highest BCUT2D eigenvalue weighted by Gasteiger charge is 2.18. The summed E-state index contributed by atoms with van der Waals surface area (Å²) in [4.78, 5) is 30.7. The van der Waals surface area contributed by atoms with Gasteiger partial charge in [-0.15, -0.1) is 0 Å². The normalized spacial score (nSPS) is 11.2. The molecule has 8 heteroatoms. The lowest BCUT2D eigenvalue weighted by Crippen LogP contribution is -2.20. The molecule has 0 bridgehead atoms. The molecule has 2 aromatic heterocycles. The number of ether oxygens (including phenoxy) is 1. The summed E-state index contributed by atoms with van der Waals surface area (Å²) in [5.74, 6) is -0.275. The third kappa shape index (κ3) is 5.08. The van der Waals surface area contributed by atoms with Crippen molar-refractivity contribution in [2.75, 3.05) is 5.32 Å². The first kappa shape index (κ1) is 23.7. The number of hydrogen-bond acceptors (Lipinski definition) is 5. The Labute approximate surface area is 206 Å². The van der Waals surface area contributed by atoms with E-state index in [-0.39, 0.29) is 17.0 Å². The lowest BCUT2D eigenvalue weighted by atomic mass is 10.1. The van der Waals surface area contributed by atoms with Crippen LogP contribution in [0, 0.1) is 32.1 Å². The van der Waals surface area contributed by atoms with Gasteiger partial charge in [-0.25, -0.2) is 0 Å². The van der Waals surface area contributed by atoms with Crippen LogP contribution in [0.2, 0.25) is 5.02 Å². The van der Waals surface area contributed by atoms with Gasteiger partial charge < -0.3 is 10.1 Å². The van der Waals surface area contributed by atoms with Crippen LogP contribution in [-0.2, 0) is 4.79 Å². The number of aryl methyl sites for hydroxylation is 3. The van der Waals surface area contributed by atoms with Crippen LogP contribution in [0.5, 0.6) is 11.6 Å². The van der Waals surface area contributed by atoms with E-state index in [2.05, 4.69) is 10.3 Å². The Morgan fingerprint density at radius 3 is 2.60 bits per heavy atom. The minimum Gasteiger partial charge on any atom is -0.438 e. The predicted octanol–water partition coefficient (Wildman–Crippen LogP) is 5.61. The Morgan fingerprint density at radius 2 is 1.89 bits per heavy atom. The van der Waals surface area contributed by atoms with Crippen LogP contribution in [0.3, 0.4) is 0 Å². The predicted molar refractivity (Wildman–Crippen MR) is 136 cm³/mol. The average Bonchev–Trinajstić information content (AvgIpc) is 2.83. The second-order valence-electron chi connectivity index (χ2n) is 8.00. The number of rotatable bonds is 5. The van der Waals surface area contributed by atoms with Crippen molar-refractivity contribution in [3.63, 3.8) is 0 Å². The van der Waals surface area contributed by atoms with Gasteiger partial charge in [-0.2, -0.15) is 10.2 Å². The molecule has 0 fully saturated rings. The number of nitrogens with one attached hydrogen (secondary N) is 1. The highest BCUT2D eigenvalue weighted by molar-refractivity contribution is 6.31. The van der Waals surface area contributed by atoms with Crippen molar-refractivity contribution in [3.05, 3.63) is 104 Å². The highest BCUT2D eigenvalue weighted by Crippen LogP contribution is 2.27. The number of fused-ring (bicyclic) bond motifs is 1. The van der Waals surface area contributed by atoms with Crippen molar-refractivity contribution >= 4 is 34.9 Å². The van der Waals surface area contributed by atoms with Crippen molar-refractivity contribution in [2.24, 2.45) is 0 Å². The number of hydrogen-bond donors (Lipinski definition) is 1. The smallest absolute Gasteiger partial charge is 0.269 e. The summed E-state index contributed by atoms with van der Waals surface area (Å²) >= 11 is 6.11. The zero-order chi connectivity index (χ0) is 25.1. The standard InChI is InChI=1S/C27H21ClN4O3/c1-16-7-8-20(12-17(16)2)30-25(33)19(15-29)14-22-26(35-21-9-10-23(28)18(3)13-21)31-24-6-4-5-11-32(24)27(22)34/h4-14H,1-3H3,(H,30,33)/b19-14-. The molecule has 0 saturated heterocycles. The van der Waals surface area contributed by atoms with Crippen LogP contribution in [-0.4, -0.2) is 15.3 Å². The van der Waals surface area contributed by atoms with Crippen LogP contribution in [0.4, 0.5) is 5.69 Å². The fraction of sp³-hybridized carbons (Fsp3) is 0.111. The van der Waals surface area contributed by atoms with Crippen LogP contribution < -0.4 is 15.6 Å². The number of nitriles is 1. The van der Waals surface area contributed by atoms with Gasteiger partial charge in [0.05, 0.1) is 0 Å². The van der Waals surface area contributed by atoms with Crippen molar-refractivity contribution < 1.29 is 9.53 Å². The summed E-state index contributed by atoms with van der Waals surface area (Å²) in [5.41, 5.74) is 2.97. The minimum absolute atomic E-state index is 0.0327. The number of halogens is 1. The van der Waals surface area contributed by atoms with Gasteiger partial charge in [0.15, 0.2) is 0 Å². The molecule has 2 heterocycles. The van der Waals surface area contributed by atoms with Crippen molar-refractivity contribution in [3.8, 4) is 17.7 Å². The minimum atomic E-state index is -0.651. The fourth-order valence-corrected chi connectivity index (χ4v) is 3.50. The van der Waals surface area contributed by atoms with Gasteiger partial charge in [0.2, 0.25) is 5.88 Å². The van der Waals surface area contributed by atoms with Crippen molar-refractivity contribution in [2.45, 2.75) is 20.8 Å². The number of carbonyl (C=O) groups is 1. The summed E-state index contributed by atoms with van der Waals surface area (Å²) in [6, 6.07) is 17.4. The monoisotopic (exact) mass is 484 g/mol. The molecule has 0 aliphatic rings. The maximum absolute atomic E-state index is 13.3. The van der Waals surface area contributed by atoms with Gasteiger partial charge in [0, 0.05) is 16.9 Å². The third-order valence-electron chi connectivity index (χ3n) is 5.50. The highest BCUT2D eigenvalue weighted by atomic mass is 35.5. The molecule has 35 heavy (non-hydrogen) atoms. The summed E-state index contributed by atoms with van der Waals surface area (Å²) in [6.45, 7) is 5.71. The van der Waals surface area contributed by atoms with Crippen LogP contribution in [0.1, 0.15) is 22.3 Å². The van der Waals surface area contributed by atoms with Crippen LogP contribution in [0.15, 0.2) is 71.2 Å². The Bertz CT molecular complexity index is 1600. The largest absolute Gasteiger partial charge is 0.438 e. The number of nitrogens with zero attached hydrogens (tertiary/aromatic N) is 3. The van der Waals surface area contributed by atoms with Gasteiger partial charge in [-0.3, -0.25) is 14.0 Å². The lowest BCUT2D eigenvalue weighted by Gasteiger charge is -2.11. The topological polar surface area (TPSA) is 96.5 Å². The molecule has 4 rings (SSSR count). The molecule has 174 valence electrons. The molecular weight excluding hydrogens is 464 g/mol. The lowest BCUT2D eigenvalue weighted by molar-refractivity contribution is -0.112. The summed E-state index contributed by atoms with van der Waals surface area (Å²) in [7, 11) is 0. The average molecular weight is 485 g/mol. The quantitative estimate of drug-likeness (QED) is 0.293. The van der Waals surface area contributed by atoms with E-state index in [9.17, 15) is 14.9 Å². The second-order valence-corrected chi connectivity index (χ2v) is 8.41. The Morgan fingerprint density at radius 1 is 1.09 bits per heavy atom. The first-order valence-electron chi connectivity index (χ1n) is 10.7. The molecule has 0 saturated carbocycles. The van der Waals surface area contributed by atoms with E-state index in [1.165, 1.54) is 10.5 Å². The Balaban J connectivity index is 1.79. The Kier molecular flexibility index (Phi) is 6.67. The van der Waals surface area contributed by atoms with Gasteiger partial charge in [0.25, 0.3) is 11.5 Å². The van der Waals surface area contributed by atoms with Gasteiger partial charge in [0.1, 0.15) is 28.6 Å². The van der Waals surface area contributed by atoms with E-state index in [4.69, 9.17) is 16.3 Å². The number of pyridine rings is 1. The molecule has 4 aromatic rings. The fourth-order valence-electron chi connectivity index (χ4n) is 3.39. The molecule has 0 aliphatic heterocycles. The van der Waals surface area contributed by atoms with E-state index < -0.39 is 11.5 Å². The molecule has 0 spiro atoms. The van der Waals surface area contributed by atoms with Crippen LogP contribution >= 0.6 is 11.6 Å². The van der Waals surface area contributed by atoms with E-state index in [1.807, 2.05) is 39.0 Å². The third-order valence-corrected chi connectivity index (χ3v) is 5.92. The number of anilines is 1. The first-order chi connectivity index (χ1) is 16.8. The number of benzene rings is 2. The number of aromatic nitrogens is 2. The maximum Gasteiger partial charge on any atom is 0.269 e. The SMILES string of the molecule is Cc1ccc(NC(=O)/C(C#N)=C\c2c(Oc3ccc(Cl)c(C)c3)nc3ccccn3c2=O)cc1C. The summed E-state index contributed by atoms with van der Waals surface area (Å²) in [5, 5.41) is 13.0. The van der Waals surface area contributed by atoms with Crippen LogP contribution in [0.25, 0.3) is 11.7 Å². The van der Waals surface area contributed by atoms with E-state index in [0.717, 1.165) is 16.7 Å². The van der Waals surface area contributed by atoms with E-state index >= 15 is 0 Å². The second kappa shape index (κ2) is 9.84. The molecule has 0 radical (unpaired) electrons. The number of carbonyl (C=O) groups excluding carboxylic acids is 1. The molecular formula is C27H21ClN4O3. The maximum atomic E-state index is 13.3. The molecule has 0 atom stereocenters. The summed E-state index contributed by atoms with van der Waals surface area (Å²) < 4.78 is 7.26. The molecule has 7 nitrogen and oxygen atoms in total. The zero-order valence-corrected chi connectivity index (χ0v) is 20.1. The number of amides is 1. The molecule has 1 N–H and O–H groups in total.